The van der Waals surface area contributed by atoms with Gasteiger partial charge in [-0.15, -0.1) is 0 Å². The van der Waals surface area contributed by atoms with Crippen molar-refractivity contribution < 1.29 is 24.4 Å². The van der Waals surface area contributed by atoms with Crippen LogP contribution in [0.4, 0.5) is 0 Å². The first-order chi connectivity index (χ1) is 9.29. The van der Waals surface area contributed by atoms with Crippen LogP contribution >= 0.6 is 0 Å². The molecule has 2 fully saturated rings. The van der Waals surface area contributed by atoms with Crippen molar-refractivity contribution in [3.8, 4) is 0 Å². The minimum absolute atomic E-state index is 0.177. The molecule has 2 N–H and O–H groups in total. The van der Waals surface area contributed by atoms with E-state index < -0.39 is 24.4 Å². The molecule has 0 saturated carbocycles. The maximum atomic E-state index is 10.2. The molecule has 2 saturated heterocycles. The zero-order valence-electron chi connectivity index (χ0n) is 10.5. The van der Waals surface area contributed by atoms with Crippen LogP contribution < -0.4 is 0 Å². The van der Waals surface area contributed by atoms with Crippen molar-refractivity contribution >= 4 is 0 Å². The lowest BCUT2D eigenvalue weighted by Crippen LogP contribution is -2.52. The second-order valence-corrected chi connectivity index (χ2v) is 4.97. The van der Waals surface area contributed by atoms with Gasteiger partial charge in [-0.25, -0.2) is 0 Å². The Bertz CT molecular complexity index is 410. The van der Waals surface area contributed by atoms with Crippen LogP contribution in [0.15, 0.2) is 30.3 Å². The Morgan fingerprint density at radius 1 is 1.26 bits per heavy atom. The molecule has 2 aliphatic rings. The maximum absolute atomic E-state index is 10.2. The Labute approximate surface area is 111 Å². The Morgan fingerprint density at radius 3 is 2.79 bits per heavy atom. The van der Waals surface area contributed by atoms with Gasteiger partial charge in [0.2, 0.25) is 0 Å². The molecule has 2 heterocycles. The highest BCUT2D eigenvalue weighted by molar-refractivity contribution is 5.13. The van der Waals surface area contributed by atoms with Gasteiger partial charge in [0.1, 0.15) is 12.2 Å². The molecular formula is C14H18O5. The molecule has 0 unspecified atom stereocenters. The van der Waals surface area contributed by atoms with Gasteiger partial charge < -0.3 is 24.4 Å². The van der Waals surface area contributed by atoms with E-state index in [1.807, 2.05) is 30.3 Å². The topological polar surface area (TPSA) is 68.2 Å². The van der Waals surface area contributed by atoms with E-state index in [1.54, 1.807) is 0 Å². The zero-order chi connectivity index (χ0) is 13.2. The second-order valence-electron chi connectivity index (χ2n) is 4.97. The standard InChI is InChI=1S/C14H18O5/c15-6-10-12(16)13(11-8-18-14(10)19-11)17-7-9-4-2-1-3-5-9/h1-5,10-16H,6-8H2/t10-,11+,12+,13+,14+/m0/s1. The molecule has 0 amide bonds. The number of aliphatic hydroxyl groups excluding tert-OH is 2. The molecule has 104 valence electrons. The molecule has 3 rings (SSSR count). The minimum Gasteiger partial charge on any atom is -0.396 e. The molecule has 1 aromatic carbocycles. The van der Waals surface area contributed by atoms with Crippen LogP contribution in [0.5, 0.6) is 0 Å². The highest BCUT2D eigenvalue weighted by atomic mass is 16.7. The number of hydrogen-bond acceptors (Lipinski definition) is 5. The monoisotopic (exact) mass is 266 g/mol. The fourth-order valence-electron chi connectivity index (χ4n) is 2.63. The van der Waals surface area contributed by atoms with Crippen molar-refractivity contribution in [1.82, 2.24) is 0 Å². The SMILES string of the molecule is OC[C@@H]1[C@@H]2OC[C@@H](O2)[C@@H](OCc2ccccc2)[C@@H]1O. The van der Waals surface area contributed by atoms with Crippen LogP contribution in [0.2, 0.25) is 0 Å². The largest absolute Gasteiger partial charge is 0.396 e. The van der Waals surface area contributed by atoms with Crippen molar-refractivity contribution in [1.29, 1.82) is 0 Å². The third-order valence-electron chi connectivity index (χ3n) is 3.72. The second kappa shape index (κ2) is 5.56. The molecule has 19 heavy (non-hydrogen) atoms. The molecule has 0 aliphatic carbocycles. The van der Waals surface area contributed by atoms with Gasteiger partial charge in [0.15, 0.2) is 6.29 Å². The smallest absolute Gasteiger partial charge is 0.165 e. The molecule has 0 radical (unpaired) electrons. The lowest BCUT2D eigenvalue weighted by Gasteiger charge is -2.37. The average Bonchev–Trinajstić information content (AvgIpc) is 2.86. The summed E-state index contributed by atoms with van der Waals surface area (Å²) in [7, 11) is 0. The quantitative estimate of drug-likeness (QED) is 0.820. The third kappa shape index (κ3) is 2.52. The van der Waals surface area contributed by atoms with Gasteiger partial charge in [-0.2, -0.15) is 0 Å². The Hall–Kier alpha value is -0.980. The summed E-state index contributed by atoms with van der Waals surface area (Å²) in [6.07, 6.45) is -2.00. The molecule has 1 aromatic rings. The summed E-state index contributed by atoms with van der Waals surface area (Å²) in [5.74, 6) is -0.445. The highest BCUT2D eigenvalue weighted by Crippen LogP contribution is 2.34. The number of fused-ring (bicyclic) bond motifs is 2. The first-order valence-electron chi connectivity index (χ1n) is 6.51. The van der Waals surface area contributed by atoms with E-state index >= 15 is 0 Å². The summed E-state index contributed by atoms with van der Waals surface area (Å²) in [5.41, 5.74) is 1.04. The Morgan fingerprint density at radius 2 is 2.05 bits per heavy atom. The normalized spacial score (nSPS) is 37.5. The van der Waals surface area contributed by atoms with E-state index in [-0.39, 0.29) is 12.7 Å². The van der Waals surface area contributed by atoms with Gasteiger partial charge in [0.25, 0.3) is 0 Å². The maximum Gasteiger partial charge on any atom is 0.165 e. The van der Waals surface area contributed by atoms with Crippen molar-refractivity contribution in [3.63, 3.8) is 0 Å². The number of ether oxygens (including phenoxy) is 3. The summed E-state index contributed by atoms with van der Waals surface area (Å²) < 4.78 is 16.8. The predicted octanol–water partition coefficient (Wildman–Crippen LogP) is 0.296. The van der Waals surface area contributed by atoms with Crippen molar-refractivity contribution in [2.45, 2.75) is 31.2 Å². The van der Waals surface area contributed by atoms with E-state index in [0.717, 1.165) is 5.56 Å². The number of benzene rings is 1. The molecule has 5 nitrogen and oxygen atoms in total. The summed E-state index contributed by atoms with van der Waals surface area (Å²) in [4.78, 5) is 0. The van der Waals surface area contributed by atoms with Crippen LogP contribution in [-0.4, -0.2) is 48.0 Å². The molecule has 0 aromatic heterocycles. The van der Waals surface area contributed by atoms with Crippen LogP contribution in [0.1, 0.15) is 5.56 Å². The minimum atomic E-state index is -0.764. The van der Waals surface area contributed by atoms with E-state index in [2.05, 4.69) is 0 Å². The first-order valence-corrected chi connectivity index (χ1v) is 6.51. The highest BCUT2D eigenvalue weighted by Gasteiger charge is 2.50. The molecule has 0 spiro atoms. The van der Waals surface area contributed by atoms with Crippen LogP contribution in [-0.2, 0) is 20.8 Å². The van der Waals surface area contributed by atoms with Gasteiger partial charge >= 0.3 is 0 Å². The number of aliphatic hydroxyl groups is 2. The first kappa shape index (κ1) is 13.0. The van der Waals surface area contributed by atoms with Crippen LogP contribution in [0.3, 0.4) is 0 Å². The zero-order valence-corrected chi connectivity index (χ0v) is 10.5. The van der Waals surface area contributed by atoms with Gasteiger partial charge in [-0.05, 0) is 5.56 Å². The van der Waals surface area contributed by atoms with Crippen molar-refractivity contribution in [2.24, 2.45) is 5.92 Å². The van der Waals surface area contributed by atoms with Crippen LogP contribution in [0.25, 0.3) is 0 Å². The summed E-state index contributed by atoms with van der Waals surface area (Å²) in [6, 6.07) is 9.76. The fourth-order valence-corrected chi connectivity index (χ4v) is 2.63. The predicted molar refractivity (Wildman–Crippen MR) is 66.2 cm³/mol. The van der Waals surface area contributed by atoms with Gasteiger partial charge in [-0.3, -0.25) is 0 Å². The summed E-state index contributed by atoms with van der Waals surface area (Å²) in [6.45, 7) is 0.632. The Kier molecular flexibility index (Phi) is 3.81. The third-order valence-corrected chi connectivity index (χ3v) is 3.72. The van der Waals surface area contributed by atoms with Gasteiger partial charge in [0.05, 0.1) is 31.8 Å². The molecule has 2 aliphatic heterocycles. The van der Waals surface area contributed by atoms with Gasteiger partial charge in [0, 0.05) is 0 Å². The van der Waals surface area contributed by atoms with E-state index in [9.17, 15) is 10.2 Å². The molecule has 5 heteroatoms. The van der Waals surface area contributed by atoms with Gasteiger partial charge in [-0.1, -0.05) is 30.3 Å². The van der Waals surface area contributed by atoms with E-state index in [0.29, 0.717) is 13.2 Å². The lowest BCUT2D eigenvalue weighted by molar-refractivity contribution is -0.225. The Balaban J connectivity index is 1.66. The molecule has 2 bridgehead atoms. The van der Waals surface area contributed by atoms with Crippen molar-refractivity contribution in [3.05, 3.63) is 35.9 Å². The van der Waals surface area contributed by atoms with E-state index in [1.165, 1.54) is 0 Å². The lowest BCUT2D eigenvalue weighted by atomic mass is 9.93. The number of hydrogen-bond donors (Lipinski definition) is 2. The molecular weight excluding hydrogens is 248 g/mol. The van der Waals surface area contributed by atoms with E-state index in [4.69, 9.17) is 14.2 Å². The summed E-state index contributed by atoms with van der Waals surface area (Å²) >= 11 is 0. The molecule has 5 atom stereocenters. The number of rotatable bonds is 4. The fraction of sp³-hybridized carbons (Fsp3) is 0.571. The van der Waals surface area contributed by atoms with Crippen LogP contribution in [0, 0.1) is 5.92 Å². The van der Waals surface area contributed by atoms with Crippen molar-refractivity contribution in [2.75, 3.05) is 13.2 Å². The summed E-state index contributed by atoms with van der Waals surface area (Å²) in [5, 5.41) is 19.6. The average molecular weight is 266 g/mol.